The molecule has 1 unspecified atom stereocenters. The van der Waals surface area contributed by atoms with Gasteiger partial charge in [-0.1, -0.05) is 13.8 Å². The van der Waals surface area contributed by atoms with Gasteiger partial charge in [0.25, 0.3) is 0 Å². The molecule has 0 spiro atoms. The Morgan fingerprint density at radius 3 is 2.53 bits per heavy atom. The van der Waals surface area contributed by atoms with Gasteiger partial charge in [-0.05, 0) is 45.1 Å². The quantitative estimate of drug-likeness (QED) is 0.800. The highest BCUT2D eigenvalue weighted by Crippen LogP contribution is 2.32. The van der Waals surface area contributed by atoms with Crippen LogP contribution in [0.2, 0.25) is 0 Å². The van der Waals surface area contributed by atoms with Crippen molar-refractivity contribution in [2.45, 2.75) is 52.1 Å². The van der Waals surface area contributed by atoms with Crippen LogP contribution in [-0.2, 0) is 0 Å². The summed E-state index contributed by atoms with van der Waals surface area (Å²) in [5, 5.41) is 19.4. The van der Waals surface area contributed by atoms with Crippen molar-refractivity contribution in [1.82, 2.24) is 4.90 Å². The Morgan fingerprint density at radius 1 is 1.47 bits per heavy atom. The average molecular weight is 238 g/mol. The van der Waals surface area contributed by atoms with Crippen molar-refractivity contribution in [3.05, 3.63) is 0 Å². The molecule has 0 heterocycles. The lowest BCUT2D eigenvalue weighted by atomic mass is 9.79. The standard InChI is InChI=1S/C14H26N2O/c1-4-16(10-13(3)9-15)11-14(17)7-5-12(2)6-8-14/h12-13,17H,4-8,10-11H2,1-3H3. The summed E-state index contributed by atoms with van der Waals surface area (Å²) < 4.78 is 0. The van der Waals surface area contributed by atoms with E-state index in [1.165, 1.54) is 0 Å². The van der Waals surface area contributed by atoms with Crippen LogP contribution >= 0.6 is 0 Å². The van der Waals surface area contributed by atoms with Gasteiger partial charge in [0.15, 0.2) is 0 Å². The molecule has 0 aromatic heterocycles. The Morgan fingerprint density at radius 2 is 2.06 bits per heavy atom. The second-order valence-electron chi connectivity index (χ2n) is 5.76. The van der Waals surface area contributed by atoms with Gasteiger partial charge in [-0.3, -0.25) is 4.90 Å². The van der Waals surface area contributed by atoms with E-state index in [0.717, 1.165) is 51.2 Å². The number of rotatable bonds is 5. The largest absolute Gasteiger partial charge is 0.389 e. The van der Waals surface area contributed by atoms with Crippen molar-refractivity contribution in [2.75, 3.05) is 19.6 Å². The lowest BCUT2D eigenvalue weighted by Crippen LogP contribution is -2.46. The van der Waals surface area contributed by atoms with Crippen LogP contribution in [0.3, 0.4) is 0 Å². The molecule has 1 rings (SSSR count). The van der Waals surface area contributed by atoms with E-state index in [9.17, 15) is 5.11 Å². The summed E-state index contributed by atoms with van der Waals surface area (Å²) in [4.78, 5) is 2.21. The first-order chi connectivity index (χ1) is 7.99. The molecular weight excluding hydrogens is 212 g/mol. The minimum Gasteiger partial charge on any atom is -0.389 e. The van der Waals surface area contributed by atoms with Gasteiger partial charge in [-0.2, -0.15) is 5.26 Å². The third-order valence-electron chi connectivity index (χ3n) is 3.92. The van der Waals surface area contributed by atoms with Crippen LogP contribution in [0.5, 0.6) is 0 Å². The molecule has 1 aliphatic rings. The van der Waals surface area contributed by atoms with Gasteiger partial charge in [0.2, 0.25) is 0 Å². The summed E-state index contributed by atoms with van der Waals surface area (Å²) in [6.07, 6.45) is 4.07. The summed E-state index contributed by atoms with van der Waals surface area (Å²) in [6.45, 7) is 8.69. The summed E-state index contributed by atoms with van der Waals surface area (Å²) in [5.41, 5.74) is -0.516. The number of nitriles is 1. The molecule has 3 heteroatoms. The number of hydrogen-bond acceptors (Lipinski definition) is 3. The van der Waals surface area contributed by atoms with Crippen molar-refractivity contribution in [1.29, 1.82) is 5.26 Å². The van der Waals surface area contributed by atoms with Gasteiger partial charge in [-0.15, -0.1) is 0 Å². The SMILES string of the molecule is CCN(CC(C)C#N)CC1(O)CCC(C)CC1. The highest BCUT2D eigenvalue weighted by Gasteiger charge is 2.33. The van der Waals surface area contributed by atoms with Crippen LogP contribution < -0.4 is 0 Å². The molecule has 17 heavy (non-hydrogen) atoms. The molecule has 3 nitrogen and oxygen atoms in total. The second kappa shape index (κ2) is 6.37. The summed E-state index contributed by atoms with van der Waals surface area (Å²) in [7, 11) is 0. The van der Waals surface area contributed by atoms with Crippen LogP contribution in [0.1, 0.15) is 46.5 Å². The molecule has 0 saturated heterocycles. The summed E-state index contributed by atoms with van der Waals surface area (Å²) >= 11 is 0. The Labute approximate surface area is 105 Å². The lowest BCUT2D eigenvalue weighted by Gasteiger charge is -2.38. The predicted octanol–water partition coefficient (Wildman–Crippen LogP) is 2.41. The van der Waals surface area contributed by atoms with Gasteiger partial charge in [0.05, 0.1) is 17.6 Å². The Bertz CT molecular complexity index is 264. The van der Waals surface area contributed by atoms with Crippen LogP contribution in [0.4, 0.5) is 0 Å². The van der Waals surface area contributed by atoms with E-state index in [2.05, 4.69) is 24.8 Å². The van der Waals surface area contributed by atoms with Crippen molar-refractivity contribution in [2.24, 2.45) is 11.8 Å². The average Bonchev–Trinajstić information content (AvgIpc) is 2.32. The maximum Gasteiger partial charge on any atom is 0.0774 e. The van der Waals surface area contributed by atoms with Gasteiger partial charge in [-0.25, -0.2) is 0 Å². The van der Waals surface area contributed by atoms with Gasteiger partial charge in [0, 0.05) is 13.1 Å². The predicted molar refractivity (Wildman–Crippen MR) is 69.5 cm³/mol. The van der Waals surface area contributed by atoms with E-state index in [1.54, 1.807) is 0 Å². The number of hydrogen-bond donors (Lipinski definition) is 1. The van der Waals surface area contributed by atoms with E-state index in [4.69, 9.17) is 5.26 Å². The minimum atomic E-state index is -0.516. The fourth-order valence-electron chi connectivity index (χ4n) is 2.61. The zero-order valence-electron chi connectivity index (χ0n) is 11.4. The summed E-state index contributed by atoms with van der Waals surface area (Å²) in [5.74, 6) is 0.796. The molecule has 98 valence electrons. The van der Waals surface area contributed by atoms with E-state index in [-0.39, 0.29) is 5.92 Å². The highest BCUT2D eigenvalue weighted by molar-refractivity contribution is 4.89. The van der Waals surface area contributed by atoms with E-state index in [1.807, 2.05) is 6.92 Å². The van der Waals surface area contributed by atoms with Crippen molar-refractivity contribution < 1.29 is 5.11 Å². The number of likely N-dealkylation sites (N-methyl/N-ethyl adjacent to an activating group) is 1. The Kier molecular flexibility index (Phi) is 5.42. The molecule has 0 aromatic carbocycles. The first-order valence-corrected chi connectivity index (χ1v) is 6.83. The second-order valence-corrected chi connectivity index (χ2v) is 5.76. The van der Waals surface area contributed by atoms with Crippen LogP contribution in [0.15, 0.2) is 0 Å². The van der Waals surface area contributed by atoms with Gasteiger partial charge < -0.3 is 5.11 Å². The van der Waals surface area contributed by atoms with Gasteiger partial charge in [0.1, 0.15) is 0 Å². The molecule has 0 amide bonds. The minimum absolute atomic E-state index is 0.0427. The molecule has 1 fully saturated rings. The van der Waals surface area contributed by atoms with Crippen molar-refractivity contribution in [3.8, 4) is 6.07 Å². The molecule has 1 N–H and O–H groups in total. The zero-order chi connectivity index (χ0) is 12.9. The lowest BCUT2D eigenvalue weighted by molar-refractivity contribution is -0.0353. The maximum absolute atomic E-state index is 10.6. The van der Waals surface area contributed by atoms with Crippen molar-refractivity contribution >= 4 is 0 Å². The molecule has 0 bridgehead atoms. The smallest absolute Gasteiger partial charge is 0.0774 e. The summed E-state index contributed by atoms with van der Waals surface area (Å²) in [6, 6.07) is 2.26. The topological polar surface area (TPSA) is 47.3 Å². The van der Waals surface area contributed by atoms with Crippen molar-refractivity contribution in [3.63, 3.8) is 0 Å². The fraction of sp³-hybridized carbons (Fsp3) is 0.929. The molecular formula is C14H26N2O. The zero-order valence-corrected chi connectivity index (χ0v) is 11.4. The molecule has 0 aromatic rings. The van der Waals surface area contributed by atoms with E-state index >= 15 is 0 Å². The van der Waals surface area contributed by atoms with E-state index in [0.29, 0.717) is 0 Å². The molecule has 0 radical (unpaired) electrons. The molecule has 1 aliphatic carbocycles. The van der Waals surface area contributed by atoms with Crippen LogP contribution in [-0.4, -0.2) is 35.2 Å². The van der Waals surface area contributed by atoms with E-state index < -0.39 is 5.60 Å². The number of aliphatic hydroxyl groups is 1. The van der Waals surface area contributed by atoms with Gasteiger partial charge >= 0.3 is 0 Å². The Hall–Kier alpha value is -0.590. The first-order valence-electron chi connectivity index (χ1n) is 6.83. The third kappa shape index (κ3) is 4.65. The molecule has 0 aliphatic heterocycles. The van der Waals surface area contributed by atoms with Crippen LogP contribution in [0, 0.1) is 23.2 Å². The maximum atomic E-state index is 10.6. The third-order valence-corrected chi connectivity index (χ3v) is 3.92. The Balaban J connectivity index is 2.47. The molecule has 1 saturated carbocycles. The normalized spacial score (nSPS) is 31.2. The van der Waals surface area contributed by atoms with Crippen LogP contribution in [0.25, 0.3) is 0 Å². The first kappa shape index (κ1) is 14.5. The highest BCUT2D eigenvalue weighted by atomic mass is 16.3. The molecule has 1 atom stereocenters. The monoisotopic (exact) mass is 238 g/mol. The number of nitrogens with zero attached hydrogens (tertiary/aromatic N) is 2. The fourth-order valence-corrected chi connectivity index (χ4v) is 2.61.